The summed E-state index contributed by atoms with van der Waals surface area (Å²) in [6.45, 7) is 6.13. The first-order chi connectivity index (χ1) is 7.65. The van der Waals surface area contributed by atoms with Crippen molar-refractivity contribution in [2.45, 2.75) is 39.2 Å². The van der Waals surface area contributed by atoms with Crippen molar-refractivity contribution in [2.75, 3.05) is 13.1 Å². The van der Waals surface area contributed by atoms with Crippen LogP contribution in [0.4, 0.5) is 0 Å². The van der Waals surface area contributed by atoms with Gasteiger partial charge in [-0.1, -0.05) is 0 Å². The van der Waals surface area contributed by atoms with E-state index in [9.17, 15) is 4.79 Å². The largest absolute Gasteiger partial charge is 0.300 e. The Bertz CT molecular complexity index is 375. The van der Waals surface area contributed by atoms with Crippen molar-refractivity contribution in [3.63, 3.8) is 0 Å². The normalized spacial score (nSPS) is 22.6. The number of nitrogens with zero attached hydrogens (tertiary/aromatic N) is 2. The number of piperidine rings is 1. The maximum Gasteiger partial charge on any atom is 0.135 e. The molecular formula is C12H18N2OS. The summed E-state index contributed by atoms with van der Waals surface area (Å²) in [6.07, 6.45) is 2.44. The van der Waals surface area contributed by atoms with Crippen LogP contribution in [0.2, 0.25) is 0 Å². The van der Waals surface area contributed by atoms with Gasteiger partial charge in [0.05, 0.1) is 10.7 Å². The first kappa shape index (κ1) is 11.7. The third-order valence-corrected chi connectivity index (χ3v) is 3.97. The molecule has 16 heavy (non-hydrogen) atoms. The zero-order valence-corrected chi connectivity index (χ0v) is 10.7. The molecule has 0 aromatic carbocycles. The van der Waals surface area contributed by atoms with Gasteiger partial charge in [-0.25, -0.2) is 4.98 Å². The highest BCUT2D eigenvalue weighted by atomic mass is 32.1. The van der Waals surface area contributed by atoms with E-state index in [1.165, 1.54) is 5.69 Å². The van der Waals surface area contributed by atoms with Crippen LogP contribution in [0.5, 0.6) is 0 Å². The second kappa shape index (κ2) is 5.06. The number of hydrogen-bond donors (Lipinski definition) is 0. The fraction of sp³-hybridized carbons (Fsp3) is 0.667. The Morgan fingerprint density at radius 1 is 1.62 bits per heavy atom. The predicted molar refractivity (Wildman–Crippen MR) is 65.8 cm³/mol. The third-order valence-electron chi connectivity index (χ3n) is 3.15. The van der Waals surface area contributed by atoms with Crippen molar-refractivity contribution < 1.29 is 4.79 Å². The number of hydrogen-bond acceptors (Lipinski definition) is 4. The Hall–Kier alpha value is -0.740. The van der Waals surface area contributed by atoms with Crippen LogP contribution in [0.15, 0.2) is 5.38 Å². The van der Waals surface area contributed by atoms with E-state index in [4.69, 9.17) is 0 Å². The van der Waals surface area contributed by atoms with Crippen LogP contribution in [0.25, 0.3) is 0 Å². The number of rotatable bonds is 3. The van der Waals surface area contributed by atoms with Gasteiger partial charge in [0.25, 0.3) is 0 Å². The molecule has 1 atom stereocenters. The van der Waals surface area contributed by atoms with E-state index in [0.29, 0.717) is 11.8 Å². The SMILES string of the molecule is Cc1nc(CCN2CCC(=O)CC2C)cs1. The Balaban J connectivity index is 1.83. The zero-order valence-electron chi connectivity index (χ0n) is 9.90. The lowest BCUT2D eigenvalue weighted by atomic mass is 10.0. The number of Topliss-reactive ketones (excluding diaryl/α,β-unsaturated/α-hetero) is 1. The summed E-state index contributed by atoms with van der Waals surface area (Å²) in [4.78, 5) is 18.1. The number of carbonyl (C=O) groups excluding carboxylic acids is 1. The summed E-state index contributed by atoms with van der Waals surface area (Å²) in [5, 5.41) is 3.27. The molecule has 0 N–H and O–H groups in total. The van der Waals surface area contributed by atoms with E-state index in [1.54, 1.807) is 11.3 Å². The van der Waals surface area contributed by atoms with Gasteiger partial charge in [0.2, 0.25) is 0 Å². The minimum Gasteiger partial charge on any atom is -0.300 e. The van der Waals surface area contributed by atoms with E-state index < -0.39 is 0 Å². The molecule has 0 amide bonds. The quantitative estimate of drug-likeness (QED) is 0.808. The molecule has 1 aromatic heterocycles. The molecular weight excluding hydrogens is 220 g/mol. The number of aryl methyl sites for hydroxylation is 1. The first-order valence-electron chi connectivity index (χ1n) is 5.82. The zero-order chi connectivity index (χ0) is 11.5. The summed E-state index contributed by atoms with van der Waals surface area (Å²) in [5.41, 5.74) is 1.19. The topological polar surface area (TPSA) is 33.2 Å². The summed E-state index contributed by atoms with van der Waals surface area (Å²) in [7, 11) is 0. The molecule has 0 bridgehead atoms. The van der Waals surface area contributed by atoms with Crippen LogP contribution in [0.1, 0.15) is 30.5 Å². The van der Waals surface area contributed by atoms with Crippen molar-refractivity contribution in [1.29, 1.82) is 0 Å². The summed E-state index contributed by atoms with van der Waals surface area (Å²) in [5.74, 6) is 0.410. The maximum absolute atomic E-state index is 11.3. The van der Waals surface area contributed by atoms with Crippen LogP contribution < -0.4 is 0 Å². The van der Waals surface area contributed by atoms with E-state index in [1.807, 2.05) is 6.92 Å². The first-order valence-corrected chi connectivity index (χ1v) is 6.70. The second-order valence-corrected chi connectivity index (χ2v) is 5.55. The monoisotopic (exact) mass is 238 g/mol. The van der Waals surface area contributed by atoms with E-state index in [-0.39, 0.29) is 0 Å². The van der Waals surface area contributed by atoms with Crippen molar-refractivity contribution in [1.82, 2.24) is 9.88 Å². The lowest BCUT2D eigenvalue weighted by Crippen LogP contribution is -2.42. The smallest absolute Gasteiger partial charge is 0.135 e. The van der Waals surface area contributed by atoms with Gasteiger partial charge in [-0.15, -0.1) is 11.3 Å². The predicted octanol–water partition coefficient (Wildman–Crippen LogP) is 2.05. The number of thiazole rings is 1. The standard InChI is InChI=1S/C12H18N2OS/c1-9-7-12(15)4-6-14(9)5-3-11-8-16-10(2)13-11/h8-9H,3-7H2,1-2H3. The molecule has 3 nitrogen and oxygen atoms in total. The summed E-state index contributed by atoms with van der Waals surface area (Å²) in [6, 6.07) is 0.404. The number of ketones is 1. The van der Waals surface area contributed by atoms with Crippen molar-refractivity contribution in [3.8, 4) is 0 Å². The van der Waals surface area contributed by atoms with E-state index >= 15 is 0 Å². The molecule has 88 valence electrons. The van der Waals surface area contributed by atoms with E-state index in [2.05, 4.69) is 22.2 Å². The van der Waals surface area contributed by atoms with Crippen molar-refractivity contribution >= 4 is 17.1 Å². The van der Waals surface area contributed by atoms with Gasteiger partial charge in [-0.05, 0) is 13.8 Å². The van der Waals surface area contributed by atoms with Crippen molar-refractivity contribution in [2.24, 2.45) is 0 Å². The molecule has 2 heterocycles. The molecule has 1 unspecified atom stereocenters. The van der Waals surface area contributed by atoms with Crippen LogP contribution in [-0.2, 0) is 11.2 Å². The highest BCUT2D eigenvalue weighted by Crippen LogP contribution is 2.15. The molecule has 0 saturated carbocycles. The Morgan fingerprint density at radius 2 is 2.44 bits per heavy atom. The summed E-state index contributed by atoms with van der Waals surface area (Å²) >= 11 is 1.71. The number of likely N-dealkylation sites (tertiary alicyclic amines) is 1. The van der Waals surface area contributed by atoms with Crippen LogP contribution >= 0.6 is 11.3 Å². The van der Waals surface area contributed by atoms with Crippen molar-refractivity contribution in [3.05, 3.63) is 16.1 Å². The fourth-order valence-corrected chi connectivity index (χ4v) is 2.81. The van der Waals surface area contributed by atoms with Gasteiger partial charge < -0.3 is 0 Å². The molecule has 4 heteroatoms. The van der Waals surface area contributed by atoms with E-state index in [0.717, 1.165) is 37.4 Å². The Labute approximate surface area is 100 Å². The minimum atomic E-state index is 0.404. The minimum absolute atomic E-state index is 0.404. The highest BCUT2D eigenvalue weighted by Gasteiger charge is 2.22. The van der Waals surface area contributed by atoms with Gasteiger partial charge in [0, 0.05) is 43.8 Å². The number of carbonyl (C=O) groups is 1. The number of aromatic nitrogens is 1. The molecule has 0 radical (unpaired) electrons. The van der Waals surface area contributed by atoms with Gasteiger partial charge in [-0.2, -0.15) is 0 Å². The lowest BCUT2D eigenvalue weighted by Gasteiger charge is -2.32. The Morgan fingerprint density at radius 3 is 3.06 bits per heavy atom. The average molecular weight is 238 g/mol. The van der Waals surface area contributed by atoms with Gasteiger partial charge in [-0.3, -0.25) is 9.69 Å². The second-order valence-electron chi connectivity index (χ2n) is 4.49. The molecule has 1 aliphatic heterocycles. The van der Waals surface area contributed by atoms with Crippen LogP contribution in [0.3, 0.4) is 0 Å². The molecule has 1 aliphatic rings. The lowest BCUT2D eigenvalue weighted by molar-refractivity contribution is -0.122. The molecule has 1 fully saturated rings. The molecule has 2 rings (SSSR count). The van der Waals surface area contributed by atoms with Crippen LogP contribution in [-0.4, -0.2) is 34.8 Å². The average Bonchev–Trinajstić information content (AvgIpc) is 2.63. The molecule has 0 spiro atoms. The highest BCUT2D eigenvalue weighted by molar-refractivity contribution is 7.09. The maximum atomic E-state index is 11.3. The molecule has 1 saturated heterocycles. The van der Waals surface area contributed by atoms with Gasteiger partial charge in [0.15, 0.2) is 0 Å². The molecule has 0 aliphatic carbocycles. The fourth-order valence-electron chi connectivity index (χ4n) is 2.16. The third kappa shape index (κ3) is 2.89. The molecule has 1 aromatic rings. The van der Waals surface area contributed by atoms with Gasteiger partial charge >= 0.3 is 0 Å². The van der Waals surface area contributed by atoms with Gasteiger partial charge in [0.1, 0.15) is 5.78 Å². The van der Waals surface area contributed by atoms with Crippen LogP contribution in [0, 0.1) is 6.92 Å². The Kier molecular flexibility index (Phi) is 3.71. The summed E-state index contributed by atoms with van der Waals surface area (Å²) < 4.78 is 0.